The van der Waals surface area contributed by atoms with Gasteiger partial charge in [0.15, 0.2) is 5.82 Å². The van der Waals surface area contributed by atoms with Crippen molar-refractivity contribution in [2.75, 3.05) is 12.0 Å². The molecular weight excluding hydrogens is 314 g/mol. The Hall–Kier alpha value is -1.67. The van der Waals surface area contributed by atoms with E-state index in [0.29, 0.717) is 28.8 Å². The minimum atomic E-state index is -0.289. The first-order chi connectivity index (χ1) is 9.10. The molecule has 1 atom stereocenters. The fraction of sp³-hybridized carbons (Fsp3) is 0.364. The van der Waals surface area contributed by atoms with Gasteiger partial charge in [0.1, 0.15) is 0 Å². The van der Waals surface area contributed by atoms with Crippen LogP contribution in [0.4, 0.5) is 5.82 Å². The number of nitrogens with zero attached hydrogens (tertiary/aromatic N) is 1. The number of aromatic nitrogens is 1. The molecule has 0 radical (unpaired) electrons. The summed E-state index contributed by atoms with van der Waals surface area (Å²) in [5.41, 5.74) is 2.72. The fourth-order valence-corrected chi connectivity index (χ4v) is 2.20. The van der Waals surface area contributed by atoms with Crippen LogP contribution in [0, 0.1) is 0 Å². The molecule has 102 valence electrons. The largest absolute Gasteiger partial charge is 0.352 e. The van der Waals surface area contributed by atoms with Crippen LogP contribution in [0.25, 0.3) is 0 Å². The number of hydrogen-bond donors (Lipinski definition) is 4. The summed E-state index contributed by atoms with van der Waals surface area (Å²) >= 11 is 3.25. The zero-order valence-corrected chi connectivity index (χ0v) is 11.7. The summed E-state index contributed by atoms with van der Waals surface area (Å²) in [5, 5.41) is 5.54. The van der Waals surface area contributed by atoms with Crippen LogP contribution in [-0.4, -0.2) is 29.4 Å². The molecule has 1 fully saturated rings. The number of anilines is 1. The highest BCUT2D eigenvalue weighted by molar-refractivity contribution is 9.10. The summed E-state index contributed by atoms with van der Waals surface area (Å²) in [6, 6.07) is 1.62. The Bertz CT molecular complexity index is 508. The van der Waals surface area contributed by atoms with Crippen LogP contribution >= 0.6 is 15.9 Å². The second kappa shape index (κ2) is 5.98. The second-order valence-electron chi connectivity index (χ2n) is 4.21. The number of nitrogens with one attached hydrogen (secondary N) is 3. The van der Waals surface area contributed by atoms with Crippen LogP contribution in [0.15, 0.2) is 16.7 Å². The first-order valence-electron chi connectivity index (χ1n) is 5.80. The topological polar surface area (TPSA) is 109 Å². The van der Waals surface area contributed by atoms with Crippen molar-refractivity contribution in [2.24, 2.45) is 5.84 Å². The summed E-state index contributed by atoms with van der Waals surface area (Å²) < 4.78 is 0.686. The number of nitrogens with two attached hydrogens (primary N) is 1. The van der Waals surface area contributed by atoms with Gasteiger partial charge in [0.05, 0.1) is 5.56 Å². The summed E-state index contributed by atoms with van der Waals surface area (Å²) in [6.45, 7) is 0.390. The number of halogens is 1. The van der Waals surface area contributed by atoms with E-state index in [0.717, 1.165) is 6.42 Å². The van der Waals surface area contributed by atoms with Gasteiger partial charge in [-0.25, -0.2) is 10.8 Å². The van der Waals surface area contributed by atoms with Gasteiger partial charge in [-0.2, -0.15) is 0 Å². The van der Waals surface area contributed by atoms with E-state index in [1.165, 1.54) is 0 Å². The third kappa shape index (κ3) is 3.42. The third-order valence-corrected chi connectivity index (χ3v) is 3.26. The van der Waals surface area contributed by atoms with E-state index in [1.54, 1.807) is 12.3 Å². The SMILES string of the molecule is NNc1ncc(Br)cc1C(=O)NCC1CCC(=O)N1. The van der Waals surface area contributed by atoms with Gasteiger partial charge in [0.2, 0.25) is 5.91 Å². The first-order valence-corrected chi connectivity index (χ1v) is 6.59. The highest BCUT2D eigenvalue weighted by Gasteiger charge is 2.21. The Labute approximate surface area is 118 Å². The molecule has 2 rings (SSSR count). The molecule has 1 saturated heterocycles. The summed E-state index contributed by atoms with van der Waals surface area (Å²) in [5.74, 6) is 5.34. The maximum absolute atomic E-state index is 12.0. The molecule has 1 unspecified atom stereocenters. The molecular formula is C11H14BrN5O2. The van der Waals surface area contributed by atoms with Crippen molar-refractivity contribution >= 4 is 33.6 Å². The van der Waals surface area contributed by atoms with Crippen molar-refractivity contribution in [2.45, 2.75) is 18.9 Å². The van der Waals surface area contributed by atoms with Gasteiger partial charge in [-0.1, -0.05) is 0 Å². The number of carbonyl (C=O) groups is 2. The lowest BCUT2D eigenvalue weighted by Crippen LogP contribution is -2.38. The molecule has 1 aliphatic rings. The van der Waals surface area contributed by atoms with Crippen molar-refractivity contribution in [3.63, 3.8) is 0 Å². The summed E-state index contributed by atoms with van der Waals surface area (Å²) in [4.78, 5) is 27.1. The average molecular weight is 328 g/mol. The number of hydrazine groups is 1. The smallest absolute Gasteiger partial charge is 0.255 e. The maximum Gasteiger partial charge on any atom is 0.255 e. The van der Waals surface area contributed by atoms with E-state index in [9.17, 15) is 9.59 Å². The highest BCUT2D eigenvalue weighted by Crippen LogP contribution is 2.17. The lowest BCUT2D eigenvalue weighted by molar-refractivity contribution is -0.119. The fourth-order valence-electron chi connectivity index (χ4n) is 1.87. The van der Waals surface area contributed by atoms with Crippen molar-refractivity contribution < 1.29 is 9.59 Å². The third-order valence-electron chi connectivity index (χ3n) is 2.83. The number of rotatable bonds is 4. The average Bonchev–Trinajstić information content (AvgIpc) is 2.81. The highest BCUT2D eigenvalue weighted by atomic mass is 79.9. The van der Waals surface area contributed by atoms with Crippen LogP contribution in [-0.2, 0) is 4.79 Å². The molecule has 8 heteroatoms. The van der Waals surface area contributed by atoms with Crippen molar-refractivity contribution in [1.29, 1.82) is 0 Å². The maximum atomic E-state index is 12.0. The van der Waals surface area contributed by atoms with Crippen LogP contribution in [0.1, 0.15) is 23.2 Å². The Kier molecular flexibility index (Phi) is 4.33. The van der Waals surface area contributed by atoms with E-state index in [2.05, 4.69) is 37.0 Å². The van der Waals surface area contributed by atoms with Gasteiger partial charge in [0.25, 0.3) is 5.91 Å². The van der Waals surface area contributed by atoms with Gasteiger partial charge in [-0.15, -0.1) is 0 Å². The number of carbonyl (C=O) groups excluding carboxylic acids is 2. The number of pyridine rings is 1. The van der Waals surface area contributed by atoms with Crippen LogP contribution < -0.4 is 21.9 Å². The van der Waals surface area contributed by atoms with E-state index in [1.807, 2.05) is 0 Å². The summed E-state index contributed by atoms with van der Waals surface area (Å²) in [6.07, 6.45) is 2.79. The van der Waals surface area contributed by atoms with Gasteiger partial charge in [0, 0.05) is 29.7 Å². The number of amides is 2. The van der Waals surface area contributed by atoms with E-state index in [-0.39, 0.29) is 17.9 Å². The molecule has 2 amide bonds. The molecule has 0 aliphatic carbocycles. The molecule has 1 aromatic rings. The number of nitrogen functional groups attached to an aromatic ring is 1. The van der Waals surface area contributed by atoms with Gasteiger partial charge in [-0.3, -0.25) is 9.59 Å². The van der Waals surface area contributed by atoms with Crippen molar-refractivity contribution in [3.8, 4) is 0 Å². The predicted octanol–water partition coefficient (Wildman–Crippen LogP) is 0.138. The monoisotopic (exact) mass is 327 g/mol. The zero-order valence-electron chi connectivity index (χ0n) is 10.1. The molecule has 19 heavy (non-hydrogen) atoms. The molecule has 1 aromatic heterocycles. The minimum absolute atomic E-state index is 0.00847. The molecule has 0 saturated carbocycles. The molecule has 0 aromatic carbocycles. The van der Waals surface area contributed by atoms with Crippen LogP contribution in [0.3, 0.4) is 0 Å². The van der Waals surface area contributed by atoms with Gasteiger partial charge < -0.3 is 16.1 Å². The molecule has 7 nitrogen and oxygen atoms in total. The standard InChI is InChI=1S/C11H14BrN5O2/c12-6-3-8(10(17-13)14-4-6)11(19)15-5-7-1-2-9(18)16-7/h3-4,7H,1-2,5,13H2,(H,14,17)(H,15,19)(H,16,18). The first kappa shape index (κ1) is 13.8. The van der Waals surface area contributed by atoms with Crippen molar-refractivity contribution in [3.05, 3.63) is 22.3 Å². The van der Waals surface area contributed by atoms with E-state index < -0.39 is 0 Å². The van der Waals surface area contributed by atoms with Crippen molar-refractivity contribution in [1.82, 2.24) is 15.6 Å². The Morgan fingerprint density at radius 3 is 3.05 bits per heavy atom. The van der Waals surface area contributed by atoms with Gasteiger partial charge in [-0.05, 0) is 28.4 Å². The minimum Gasteiger partial charge on any atom is -0.352 e. The lowest BCUT2D eigenvalue weighted by Gasteiger charge is -2.13. The number of hydrogen-bond acceptors (Lipinski definition) is 5. The molecule has 5 N–H and O–H groups in total. The summed E-state index contributed by atoms with van der Waals surface area (Å²) in [7, 11) is 0. The molecule has 0 spiro atoms. The Morgan fingerprint density at radius 2 is 2.42 bits per heavy atom. The van der Waals surface area contributed by atoms with E-state index in [4.69, 9.17) is 5.84 Å². The van der Waals surface area contributed by atoms with Gasteiger partial charge >= 0.3 is 0 Å². The molecule has 2 heterocycles. The lowest BCUT2D eigenvalue weighted by atomic mass is 10.2. The normalized spacial score (nSPS) is 18.0. The Balaban J connectivity index is 1.99. The quantitative estimate of drug-likeness (QED) is 0.464. The Morgan fingerprint density at radius 1 is 1.63 bits per heavy atom. The zero-order chi connectivity index (χ0) is 13.8. The second-order valence-corrected chi connectivity index (χ2v) is 5.12. The molecule has 0 bridgehead atoms. The van der Waals surface area contributed by atoms with Crippen LogP contribution in [0.2, 0.25) is 0 Å². The van der Waals surface area contributed by atoms with E-state index >= 15 is 0 Å². The predicted molar refractivity (Wildman–Crippen MR) is 73.2 cm³/mol. The molecule has 1 aliphatic heterocycles. The van der Waals surface area contributed by atoms with Crippen LogP contribution in [0.5, 0.6) is 0 Å².